The number of aromatic nitrogens is 3. The Bertz CT molecular complexity index is 692. The van der Waals surface area contributed by atoms with E-state index >= 15 is 0 Å². The van der Waals surface area contributed by atoms with Gasteiger partial charge in [-0.15, -0.1) is 10.2 Å². The number of nitrogens with zero attached hydrogens (tertiary/aromatic N) is 4. The van der Waals surface area contributed by atoms with Gasteiger partial charge in [-0.1, -0.05) is 32.3 Å². The number of guanidine groups is 1. The van der Waals surface area contributed by atoms with E-state index in [4.69, 9.17) is 4.99 Å². The summed E-state index contributed by atoms with van der Waals surface area (Å²) in [7, 11) is 0. The zero-order chi connectivity index (χ0) is 17.5. The molecule has 2 aromatic heterocycles. The third-order valence-corrected chi connectivity index (χ3v) is 5.03. The van der Waals surface area contributed by atoms with E-state index in [1.165, 1.54) is 32.1 Å². The van der Waals surface area contributed by atoms with Crippen LogP contribution in [0.25, 0.3) is 5.65 Å². The molecule has 1 aliphatic carbocycles. The summed E-state index contributed by atoms with van der Waals surface area (Å²) in [6.07, 6.45) is 9.27. The average molecular weight is 342 g/mol. The summed E-state index contributed by atoms with van der Waals surface area (Å²) in [5.74, 6) is 2.74. The smallest absolute Gasteiger partial charge is 0.191 e. The highest BCUT2D eigenvalue weighted by Crippen LogP contribution is 2.26. The lowest BCUT2D eigenvalue weighted by atomic mass is 9.84. The monoisotopic (exact) mass is 342 g/mol. The highest BCUT2D eigenvalue weighted by Gasteiger charge is 2.21. The van der Waals surface area contributed by atoms with Crippen LogP contribution in [-0.4, -0.2) is 39.7 Å². The zero-order valence-corrected chi connectivity index (χ0v) is 15.4. The van der Waals surface area contributed by atoms with Gasteiger partial charge >= 0.3 is 0 Å². The standard InChI is InChI=1S/C19H30N6/c1-3-15-8-7-9-16(14-15)22-19(20-4-2)21-12-11-18-24-23-17-10-5-6-13-25(17)18/h5-6,10,13,15-16H,3-4,7-9,11-12,14H2,1-2H3,(H2,20,21,22). The molecule has 2 aromatic rings. The highest BCUT2D eigenvalue weighted by atomic mass is 15.2. The maximum atomic E-state index is 4.75. The Hall–Kier alpha value is -2.11. The molecule has 0 aliphatic heterocycles. The van der Waals surface area contributed by atoms with Gasteiger partial charge in [-0.25, -0.2) is 0 Å². The van der Waals surface area contributed by atoms with Gasteiger partial charge in [-0.3, -0.25) is 9.39 Å². The summed E-state index contributed by atoms with van der Waals surface area (Å²) in [4.78, 5) is 4.75. The van der Waals surface area contributed by atoms with Crippen LogP contribution in [0.2, 0.25) is 0 Å². The van der Waals surface area contributed by atoms with Gasteiger partial charge in [0.2, 0.25) is 0 Å². The predicted octanol–water partition coefficient (Wildman–Crippen LogP) is 2.80. The highest BCUT2D eigenvalue weighted by molar-refractivity contribution is 5.80. The lowest BCUT2D eigenvalue weighted by Gasteiger charge is -2.30. The molecule has 0 spiro atoms. The second kappa shape index (κ2) is 8.83. The first-order valence-corrected chi connectivity index (χ1v) is 9.63. The van der Waals surface area contributed by atoms with E-state index in [1.54, 1.807) is 0 Å². The molecule has 3 rings (SSSR count). The van der Waals surface area contributed by atoms with Crippen molar-refractivity contribution < 1.29 is 0 Å². The Balaban J connectivity index is 1.58. The van der Waals surface area contributed by atoms with Gasteiger partial charge in [-0.05, 0) is 37.8 Å². The van der Waals surface area contributed by atoms with Crippen molar-refractivity contribution in [2.75, 3.05) is 13.1 Å². The van der Waals surface area contributed by atoms with E-state index in [0.29, 0.717) is 12.6 Å². The molecule has 0 aromatic carbocycles. The fraction of sp³-hybridized carbons (Fsp3) is 0.632. The summed E-state index contributed by atoms with van der Waals surface area (Å²) in [5.41, 5.74) is 0.888. The molecular weight excluding hydrogens is 312 g/mol. The van der Waals surface area contributed by atoms with Gasteiger partial charge in [0.25, 0.3) is 0 Å². The summed E-state index contributed by atoms with van der Waals surface area (Å²) in [6, 6.07) is 6.50. The zero-order valence-electron chi connectivity index (χ0n) is 15.4. The molecule has 0 saturated heterocycles. The van der Waals surface area contributed by atoms with E-state index in [-0.39, 0.29) is 0 Å². The minimum absolute atomic E-state index is 0.547. The molecule has 2 unspecified atom stereocenters. The van der Waals surface area contributed by atoms with Crippen LogP contribution in [0, 0.1) is 5.92 Å². The molecule has 6 nitrogen and oxygen atoms in total. The largest absolute Gasteiger partial charge is 0.357 e. The summed E-state index contributed by atoms with van der Waals surface area (Å²) in [6.45, 7) is 5.99. The molecule has 136 valence electrons. The number of fused-ring (bicyclic) bond motifs is 1. The number of nitrogens with one attached hydrogen (secondary N) is 2. The van der Waals surface area contributed by atoms with Crippen LogP contribution in [0.5, 0.6) is 0 Å². The molecule has 1 fully saturated rings. The quantitative estimate of drug-likeness (QED) is 0.626. The summed E-state index contributed by atoms with van der Waals surface area (Å²) in [5, 5.41) is 15.5. The second-order valence-corrected chi connectivity index (χ2v) is 6.84. The molecule has 1 saturated carbocycles. The van der Waals surface area contributed by atoms with Gasteiger partial charge < -0.3 is 10.6 Å². The normalized spacial score (nSPS) is 21.4. The third kappa shape index (κ3) is 4.71. The summed E-state index contributed by atoms with van der Waals surface area (Å²) >= 11 is 0. The molecule has 2 heterocycles. The van der Waals surface area contributed by atoms with Crippen LogP contribution in [-0.2, 0) is 6.42 Å². The molecule has 1 aliphatic rings. The first-order chi connectivity index (χ1) is 12.3. The number of rotatable bonds is 6. The first kappa shape index (κ1) is 17.7. The average Bonchev–Trinajstić information content (AvgIpc) is 3.05. The molecule has 2 atom stereocenters. The molecule has 6 heteroatoms. The minimum Gasteiger partial charge on any atom is -0.357 e. The van der Waals surface area contributed by atoms with Crippen LogP contribution in [0.1, 0.15) is 51.8 Å². The minimum atomic E-state index is 0.547. The molecule has 0 radical (unpaired) electrons. The van der Waals surface area contributed by atoms with Gasteiger partial charge in [0.05, 0.1) is 0 Å². The van der Waals surface area contributed by atoms with Gasteiger partial charge in [-0.2, -0.15) is 0 Å². The molecular formula is C19H30N6. The fourth-order valence-corrected chi connectivity index (χ4v) is 3.64. The predicted molar refractivity (Wildman–Crippen MR) is 102 cm³/mol. The Morgan fingerprint density at radius 3 is 3.04 bits per heavy atom. The molecule has 2 N–H and O–H groups in total. The van der Waals surface area contributed by atoms with Crippen LogP contribution in [0.3, 0.4) is 0 Å². The second-order valence-electron chi connectivity index (χ2n) is 6.84. The lowest BCUT2D eigenvalue weighted by Crippen LogP contribution is -2.45. The lowest BCUT2D eigenvalue weighted by molar-refractivity contribution is 0.298. The van der Waals surface area contributed by atoms with Crippen LogP contribution >= 0.6 is 0 Å². The first-order valence-electron chi connectivity index (χ1n) is 9.63. The van der Waals surface area contributed by atoms with Crippen molar-refractivity contribution in [1.82, 2.24) is 25.2 Å². The van der Waals surface area contributed by atoms with E-state index < -0.39 is 0 Å². The van der Waals surface area contributed by atoms with Gasteiger partial charge in [0.15, 0.2) is 11.6 Å². The number of hydrogen-bond donors (Lipinski definition) is 2. The van der Waals surface area contributed by atoms with E-state index in [0.717, 1.165) is 36.3 Å². The fourth-order valence-electron chi connectivity index (χ4n) is 3.64. The van der Waals surface area contributed by atoms with Crippen LogP contribution < -0.4 is 10.6 Å². The van der Waals surface area contributed by atoms with Crippen molar-refractivity contribution in [1.29, 1.82) is 0 Å². The van der Waals surface area contributed by atoms with Crippen molar-refractivity contribution in [3.05, 3.63) is 30.2 Å². The maximum Gasteiger partial charge on any atom is 0.191 e. The van der Waals surface area contributed by atoms with Crippen LogP contribution in [0.4, 0.5) is 0 Å². The number of aliphatic imine (C=N–C) groups is 1. The maximum absolute atomic E-state index is 4.75. The topological polar surface area (TPSA) is 66.6 Å². The Morgan fingerprint density at radius 1 is 1.28 bits per heavy atom. The van der Waals surface area contributed by atoms with Crippen molar-refractivity contribution in [3.8, 4) is 0 Å². The SMILES string of the molecule is CCNC(=NCCc1nnc2ccccn12)NC1CCCC(CC)C1. The van der Waals surface area contributed by atoms with Crippen molar-refractivity contribution in [2.45, 2.75) is 58.4 Å². The summed E-state index contributed by atoms with van der Waals surface area (Å²) < 4.78 is 2.03. The van der Waals surface area contributed by atoms with Crippen molar-refractivity contribution >= 4 is 11.6 Å². The molecule has 0 amide bonds. The van der Waals surface area contributed by atoms with Gasteiger partial charge in [0, 0.05) is 31.7 Å². The van der Waals surface area contributed by atoms with Crippen LogP contribution in [0.15, 0.2) is 29.4 Å². The molecule has 25 heavy (non-hydrogen) atoms. The van der Waals surface area contributed by atoms with Gasteiger partial charge in [0.1, 0.15) is 5.82 Å². The number of pyridine rings is 1. The van der Waals surface area contributed by atoms with Crippen molar-refractivity contribution in [2.24, 2.45) is 10.9 Å². The van der Waals surface area contributed by atoms with Crippen molar-refractivity contribution in [3.63, 3.8) is 0 Å². The Morgan fingerprint density at radius 2 is 2.20 bits per heavy atom. The van der Waals surface area contributed by atoms with E-state index in [1.807, 2.05) is 28.8 Å². The Labute approximate surface area is 150 Å². The number of hydrogen-bond acceptors (Lipinski definition) is 3. The molecule has 0 bridgehead atoms. The van der Waals surface area contributed by atoms with E-state index in [2.05, 4.69) is 34.7 Å². The van der Waals surface area contributed by atoms with E-state index in [9.17, 15) is 0 Å². The third-order valence-electron chi connectivity index (χ3n) is 5.03. The Kier molecular flexibility index (Phi) is 6.25.